The number of nitrogens with zero attached hydrogens (tertiary/aromatic N) is 3. The molecule has 28 heavy (non-hydrogen) atoms. The number of aliphatic imine (C=N–C) groups is 1. The summed E-state index contributed by atoms with van der Waals surface area (Å²) in [7, 11) is 0. The van der Waals surface area contributed by atoms with Crippen molar-refractivity contribution in [1.29, 1.82) is 0 Å². The van der Waals surface area contributed by atoms with Crippen LogP contribution in [0.3, 0.4) is 0 Å². The minimum absolute atomic E-state index is 0.0732. The van der Waals surface area contributed by atoms with E-state index in [0.29, 0.717) is 24.8 Å². The van der Waals surface area contributed by atoms with E-state index in [-0.39, 0.29) is 11.9 Å². The van der Waals surface area contributed by atoms with Crippen molar-refractivity contribution in [3.05, 3.63) is 48.0 Å². The molecule has 1 atom stereocenters. The van der Waals surface area contributed by atoms with E-state index in [4.69, 9.17) is 4.74 Å². The van der Waals surface area contributed by atoms with Gasteiger partial charge in [-0.25, -0.2) is 4.39 Å². The smallest absolute Gasteiger partial charge is 0.191 e. The fraction of sp³-hybridized carbons (Fsp3) is 0.524. The first-order valence-corrected chi connectivity index (χ1v) is 10.1. The summed E-state index contributed by atoms with van der Waals surface area (Å²) in [6, 6.07) is 7.01. The molecule has 1 aliphatic rings. The lowest BCUT2D eigenvalue weighted by Gasteiger charge is -2.19. The van der Waals surface area contributed by atoms with Crippen molar-refractivity contribution in [2.75, 3.05) is 19.7 Å². The largest absolute Gasteiger partial charge is 0.490 e. The number of hydrogen-bond donors (Lipinski definition) is 2. The predicted molar refractivity (Wildman–Crippen MR) is 109 cm³/mol. The molecule has 1 unspecified atom stereocenters. The molecule has 1 heterocycles. The molecule has 0 bridgehead atoms. The van der Waals surface area contributed by atoms with Gasteiger partial charge in [-0.05, 0) is 62.8 Å². The molecule has 7 heteroatoms. The zero-order valence-corrected chi connectivity index (χ0v) is 16.7. The van der Waals surface area contributed by atoms with E-state index in [1.807, 2.05) is 36.9 Å². The van der Waals surface area contributed by atoms with Gasteiger partial charge >= 0.3 is 0 Å². The molecular weight excluding hydrogens is 357 g/mol. The Morgan fingerprint density at radius 3 is 2.96 bits per heavy atom. The van der Waals surface area contributed by atoms with Gasteiger partial charge in [0.25, 0.3) is 0 Å². The normalized spacial score (nSPS) is 15.3. The van der Waals surface area contributed by atoms with Crippen LogP contribution in [-0.4, -0.2) is 35.4 Å². The molecule has 0 saturated heterocycles. The van der Waals surface area contributed by atoms with Crippen LogP contribution in [0, 0.1) is 11.7 Å². The van der Waals surface area contributed by atoms with E-state index in [1.54, 1.807) is 18.3 Å². The van der Waals surface area contributed by atoms with Gasteiger partial charge < -0.3 is 15.4 Å². The Balaban J connectivity index is 1.52. The summed E-state index contributed by atoms with van der Waals surface area (Å²) in [5.41, 5.74) is 0.860. The van der Waals surface area contributed by atoms with Crippen LogP contribution in [0.15, 0.2) is 41.7 Å². The first-order valence-electron chi connectivity index (χ1n) is 10.1. The second-order valence-electron chi connectivity index (χ2n) is 7.19. The zero-order valence-electron chi connectivity index (χ0n) is 16.7. The van der Waals surface area contributed by atoms with Crippen molar-refractivity contribution in [2.45, 2.75) is 45.7 Å². The molecule has 2 aromatic rings. The third-order valence-corrected chi connectivity index (χ3v) is 4.70. The number of rotatable bonds is 10. The van der Waals surface area contributed by atoms with E-state index in [9.17, 15) is 4.39 Å². The van der Waals surface area contributed by atoms with Gasteiger partial charge in [-0.2, -0.15) is 5.10 Å². The molecule has 1 aromatic carbocycles. The molecule has 1 fully saturated rings. The average Bonchev–Trinajstić information content (AvgIpc) is 3.37. The molecule has 1 aromatic heterocycles. The second-order valence-corrected chi connectivity index (χ2v) is 7.19. The quantitative estimate of drug-likeness (QED) is 0.372. The molecule has 1 saturated carbocycles. The highest BCUT2D eigenvalue weighted by atomic mass is 19.1. The van der Waals surface area contributed by atoms with E-state index in [0.717, 1.165) is 31.0 Å². The van der Waals surface area contributed by atoms with Crippen LogP contribution in [0.4, 0.5) is 4.39 Å². The highest BCUT2D eigenvalue weighted by molar-refractivity contribution is 5.80. The van der Waals surface area contributed by atoms with Crippen molar-refractivity contribution >= 4 is 5.96 Å². The van der Waals surface area contributed by atoms with E-state index in [1.165, 1.54) is 12.8 Å². The minimum atomic E-state index is -0.312. The van der Waals surface area contributed by atoms with Crippen LogP contribution in [0.25, 0.3) is 0 Å². The monoisotopic (exact) mass is 387 g/mol. The third-order valence-electron chi connectivity index (χ3n) is 4.70. The standard InChI is InChI=1S/C21H30FN5O/c1-3-23-21(24-10-4-12-27-13-5-11-25-27)26-16(2)18-8-9-20(19(22)14-18)28-15-17-6-7-17/h5,8-9,11,13-14,16-17H,3-4,6-7,10,12,15H2,1-2H3,(H2,23,24,26). The number of hydrogen-bond acceptors (Lipinski definition) is 3. The number of ether oxygens (including phenoxy) is 1. The molecule has 1 aliphatic carbocycles. The second kappa shape index (κ2) is 10.1. The lowest BCUT2D eigenvalue weighted by Crippen LogP contribution is -2.38. The summed E-state index contributed by atoms with van der Waals surface area (Å²) in [4.78, 5) is 4.61. The minimum Gasteiger partial charge on any atom is -0.490 e. The fourth-order valence-corrected chi connectivity index (χ4v) is 2.86. The molecule has 3 rings (SSSR count). The predicted octanol–water partition coefficient (Wildman–Crippen LogP) is 3.52. The molecule has 0 aliphatic heterocycles. The van der Waals surface area contributed by atoms with Gasteiger partial charge in [0.2, 0.25) is 0 Å². The Hall–Kier alpha value is -2.57. The highest BCUT2D eigenvalue weighted by Crippen LogP contribution is 2.30. The molecule has 0 spiro atoms. The Morgan fingerprint density at radius 2 is 2.29 bits per heavy atom. The SMILES string of the molecule is CCNC(=NCCCn1cccn1)NC(C)c1ccc(OCC2CC2)c(F)c1. The van der Waals surface area contributed by atoms with Crippen LogP contribution in [-0.2, 0) is 6.54 Å². The van der Waals surface area contributed by atoms with Crippen LogP contribution >= 0.6 is 0 Å². The van der Waals surface area contributed by atoms with Crippen molar-refractivity contribution in [2.24, 2.45) is 10.9 Å². The van der Waals surface area contributed by atoms with Crippen LogP contribution in [0.2, 0.25) is 0 Å². The number of aromatic nitrogens is 2. The lowest BCUT2D eigenvalue weighted by atomic mass is 10.1. The van der Waals surface area contributed by atoms with Crippen molar-refractivity contribution < 1.29 is 9.13 Å². The van der Waals surface area contributed by atoms with Gasteiger partial charge in [-0.3, -0.25) is 9.67 Å². The van der Waals surface area contributed by atoms with E-state index < -0.39 is 0 Å². The molecule has 6 nitrogen and oxygen atoms in total. The topological polar surface area (TPSA) is 63.5 Å². The van der Waals surface area contributed by atoms with E-state index >= 15 is 0 Å². The molecular formula is C21H30FN5O. The van der Waals surface area contributed by atoms with Crippen molar-refractivity contribution in [1.82, 2.24) is 20.4 Å². The van der Waals surface area contributed by atoms with Gasteiger partial charge in [0.1, 0.15) is 0 Å². The maximum Gasteiger partial charge on any atom is 0.191 e. The Labute approximate surface area is 166 Å². The van der Waals surface area contributed by atoms with Gasteiger partial charge in [0.05, 0.1) is 12.6 Å². The molecule has 2 N–H and O–H groups in total. The number of guanidine groups is 1. The van der Waals surface area contributed by atoms with Crippen LogP contribution < -0.4 is 15.4 Å². The lowest BCUT2D eigenvalue weighted by molar-refractivity contribution is 0.285. The summed E-state index contributed by atoms with van der Waals surface area (Å²) in [6.45, 7) is 6.91. The van der Waals surface area contributed by atoms with Crippen LogP contribution in [0.5, 0.6) is 5.75 Å². The van der Waals surface area contributed by atoms with Gasteiger partial charge in [0, 0.05) is 32.0 Å². The highest BCUT2D eigenvalue weighted by Gasteiger charge is 2.22. The molecule has 152 valence electrons. The van der Waals surface area contributed by atoms with Gasteiger partial charge in [-0.1, -0.05) is 6.07 Å². The van der Waals surface area contributed by atoms with Gasteiger partial charge in [-0.15, -0.1) is 0 Å². The average molecular weight is 388 g/mol. The Bertz CT molecular complexity index is 758. The molecule has 0 amide bonds. The fourth-order valence-electron chi connectivity index (χ4n) is 2.86. The Morgan fingerprint density at radius 1 is 1.43 bits per heavy atom. The Kier molecular flexibility index (Phi) is 7.28. The van der Waals surface area contributed by atoms with Crippen molar-refractivity contribution in [3.63, 3.8) is 0 Å². The van der Waals surface area contributed by atoms with Crippen LogP contribution in [0.1, 0.15) is 44.7 Å². The number of halogens is 1. The summed E-state index contributed by atoms with van der Waals surface area (Å²) in [5, 5.41) is 10.8. The van der Waals surface area contributed by atoms with Crippen molar-refractivity contribution in [3.8, 4) is 5.75 Å². The number of nitrogens with one attached hydrogen (secondary N) is 2. The number of benzene rings is 1. The van der Waals surface area contributed by atoms with Gasteiger partial charge in [0.15, 0.2) is 17.5 Å². The van der Waals surface area contributed by atoms with E-state index in [2.05, 4.69) is 20.7 Å². The zero-order chi connectivity index (χ0) is 19.8. The maximum absolute atomic E-state index is 14.3. The molecule has 0 radical (unpaired) electrons. The maximum atomic E-state index is 14.3. The summed E-state index contributed by atoms with van der Waals surface area (Å²) >= 11 is 0. The first-order chi connectivity index (χ1) is 13.7. The first kappa shape index (κ1) is 20.2. The summed E-state index contributed by atoms with van der Waals surface area (Å²) in [5.74, 6) is 1.35. The summed E-state index contributed by atoms with van der Waals surface area (Å²) in [6.07, 6.45) is 7.00. The summed E-state index contributed by atoms with van der Waals surface area (Å²) < 4.78 is 21.8. The number of aryl methyl sites for hydroxylation is 1. The third kappa shape index (κ3) is 6.25.